The summed E-state index contributed by atoms with van der Waals surface area (Å²) in [6, 6.07) is 14.9. The van der Waals surface area contributed by atoms with Crippen LogP contribution in [0.5, 0.6) is 5.75 Å². The van der Waals surface area contributed by atoms with E-state index in [9.17, 15) is 9.59 Å². The zero-order valence-electron chi connectivity index (χ0n) is 19.7. The molecule has 0 fully saturated rings. The smallest absolute Gasteiger partial charge is 0.338 e. The zero-order chi connectivity index (χ0) is 25.2. The van der Waals surface area contributed by atoms with E-state index in [1.807, 2.05) is 60.0 Å². The third-order valence-corrected chi connectivity index (χ3v) is 7.75. The first-order valence-corrected chi connectivity index (χ1v) is 13.0. The SMILES string of the molecule is C#CCOc1ccc2ccccc2c1C=c1sc2n(c1=O)[C@@H](c1cccs1)C(C(=O)OCC)=C(C)N=2. The Labute approximate surface area is 215 Å². The quantitative estimate of drug-likeness (QED) is 0.288. The van der Waals surface area contributed by atoms with E-state index in [1.165, 1.54) is 22.7 Å². The topological polar surface area (TPSA) is 69.9 Å². The molecule has 36 heavy (non-hydrogen) atoms. The fourth-order valence-corrected chi connectivity index (χ4v) is 6.16. The van der Waals surface area contributed by atoms with Gasteiger partial charge in [0, 0.05) is 10.4 Å². The predicted molar refractivity (Wildman–Crippen MR) is 143 cm³/mol. The van der Waals surface area contributed by atoms with Crippen LogP contribution in [-0.4, -0.2) is 23.8 Å². The molecule has 0 bridgehead atoms. The van der Waals surface area contributed by atoms with Crippen LogP contribution in [0.3, 0.4) is 0 Å². The van der Waals surface area contributed by atoms with Crippen molar-refractivity contribution < 1.29 is 14.3 Å². The Morgan fingerprint density at radius 2 is 2.06 bits per heavy atom. The van der Waals surface area contributed by atoms with Gasteiger partial charge in [0.1, 0.15) is 18.4 Å². The van der Waals surface area contributed by atoms with E-state index in [0.717, 1.165) is 21.2 Å². The highest BCUT2D eigenvalue weighted by Gasteiger charge is 2.33. The maximum Gasteiger partial charge on any atom is 0.338 e. The highest BCUT2D eigenvalue weighted by atomic mass is 32.1. The van der Waals surface area contributed by atoms with Crippen LogP contribution in [0.15, 0.2) is 75.0 Å². The van der Waals surface area contributed by atoms with E-state index >= 15 is 0 Å². The third kappa shape index (κ3) is 4.17. The van der Waals surface area contributed by atoms with Crippen molar-refractivity contribution in [3.8, 4) is 18.1 Å². The molecule has 0 N–H and O–H groups in total. The van der Waals surface area contributed by atoms with Crippen LogP contribution in [0, 0.1) is 12.3 Å². The molecule has 0 spiro atoms. The van der Waals surface area contributed by atoms with Crippen LogP contribution in [0.4, 0.5) is 0 Å². The lowest BCUT2D eigenvalue weighted by atomic mass is 10.0. The largest absolute Gasteiger partial charge is 0.480 e. The summed E-state index contributed by atoms with van der Waals surface area (Å²) in [7, 11) is 0. The number of hydrogen-bond donors (Lipinski definition) is 0. The Hall–Kier alpha value is -3.93. The minimum absolute atomic E-state index is 0.112. The Balaban J connectivity index is 1.76. The van der Waals surface area contributed by atoms with E-state index in [0.29, 0.717) is 26.4 Å². The molecule has 1 aliphatic rings. The van der Waals surface area contributed by atoms with E-state index in [4.69, 9.17) is 15.9 Å². The maximum absolute atomic E-state index is 13.9. The fraction of sp³-hybridized carbons (Fsp3) is 0.179. The van der Waals surface area contributed by atoms with Crippen molar-refractivity contribution in [1.29, 1.82) is 0 Å². The molecular formula is C28H22N2O4S2. The van der Waals surface area contributed by atoms with Gasteiger partial charge in [-0.3, -0.25) is 9.36 Å². The molecule has 0 amide bonds. The summed E-state index contributed by atoms with van der Waals surface area (Å²) >= 11 is 2.76. The summed E-state index contributed by atoms with van der Waals surface area (Å²) < 4.78 is 13.2. The van der Waals surface area contributed by atoms with Crippen molar-refractivity contribution in [2.75, 3.05) is 13.2 Å². The number of thiazole rings is 1. The molecule has 0 aliphatic carbocycles. The number of nitrogens with zero attached hydrogens (tertiary/aromatic N) is 2. The Morgan fingerprint density at radius 1 is 1.22 bits per heavy atom. The number of thiophene rings is 1. The van der Waals surface area contributed by atoms with E-state index in [1.54, 1.807) is 18.4 Å². The zero-order valence-corrected chi connectivity index (χ0v) is 21.3. The normalized spacial score (nSPS) is 15.4. The van der Waals surface area contributed by atoms with Crippen LogP contribution in [0.25, 0.3) is 16.8 Å². The molecule has 0 radical (unpaired) electrons. The first kappa shape index (κ1) is 23.8. The number of esters is 1. The molecule has 180 valence electrons. The van der Waals surface area contributed by atoms with Gasteiger partial charge in [-0.05, 0) is 48.2 Å². The number of fused-ring (bicyclic) bond motifs is 2. The Bertz CT molecular complexity index is 1720. The summed E-state index contributed by atoms with van der Waals surface area (Å²) in [6.45, 7) is 3.88. The maximum atomic E-state index is 13.9. The van der Waals surface area contributed by atoms with Crippen molar-refractivity contribution in [1.82, 2.24) is 4.57 Å². The number of terminal acetylenes is 1. The van der Waals surface area contributed by atoms with Crippen molar-refractivity contribution in [3.05, 3.63) is 95.3 Å². The Kier molecular flexibility index (Phi) is 6.59. The number of ether oxygens (including phenoxy) is 2. The number of hydrogen-bond acceptors (Lipinski definition) is 7. The summed E-state index contributed by atoms with van der Waals surface area (Å²) in [6.07, 6.45) is 7.25. The number of rotatable bonds is 6. The van der Waals surface area contributed by atoms with E-state index < -0.39 is 12.0 Å². The van der Waals surface area contributed by atoms with Gasteiger partial charge in [-0.1, -0.05) is 53.7 Å². The number of carbonyl (C=O) groups excluding carboxylic acids is 1. The van der Waals surface area contributed by atoms with Crippen molar-refractivity contribution in [3.63, 3.8) is 0 Å². The number of aromatic nitrogens is 1. The fourth-order valence-electron chi connectivity index (χ4n) is 4.31. The summed E-state index contributed by atoms with van der Waals surface area (Å²) in [5.41, 5.74) is 1.45. The molecule has 4 aromatic rings. The molecule has 1 aliphatic heterocycles. The molecule has 6 nitrogen and oxygen atoms in total. The van der Waals surface area contributed by atoms with Crippen molar-refractivity contribution in [2.45, 2.75) is 19.9 Å². The molecule has 3 heterocycles. The standard InChI is InChI=1S/C28H22N2O4S2/c1-4-14-34-21-13-12-18-9-6-7-10-19(18)20(21)16-23-26(31)30-25(22-11-8-15-35-22)24(27(32)33-5-2)17(3)29-28(30)36-23/h1,6-13,15-16,25H,5,14H2,2-3H3/t25-/m0/s1. The lowest BCUT2D eigenvalue weighted by Crippen LogP contribution is -2.39. The lowest BCUT2D eigenvalue weighted by Gasteiger charge is -2.23. The molecular weight excluding hydrogens is 492 g/mol. The van der Waals surface area contributed by atoms with Crippen LogP contribution < -0.4 is 19.6 Å². The van der Waals surface area contributed by atoms with Gasteiger partial charge in [0.25, 0.3) is 5.56 Å². The van der Waals surface area contributed by atoms with Gasteiger partial charge >= 0.3 is 5.97 Å². The van der Waals surface area contributed by atoms with Crippen LogP contribution in [0.1, 0.15) is 30.3 Å². The monoisotopic (exact) mass is 514 g/mol. The summed E-state index contributed by atoms with van der Waals surface area (Å²) in [5, 5.41) is 3.88. The van der Waals surface area contributed by atoms with Gasteiger partial charge in [-0.15, -0.1) is 17.8 Å². The molecule has 2 aromatic heterocycles. The van der Waals surface area contributed by atoms with Gasteiger partial charge < -0.3 is 9.47 Å². The molecule has 0 saturated carbocycles. The van der Waals surface area contributed by atoms with Crippen LogP contribution in [0.2, 0.25) is 0 Å². The summed E-state index contributed by atoms with van der Waals surface area (Å²) in [5.74, 6) is 2.62. The number of benzene rings is 2. The lowest BCUT2D eigenvalue weighted by molar-refractivity contribution is -0.139. The van der Waals surface area contributed by atoms with Crippen LogP contribution in [-0.2, 0) is 9.53 Å². The minimum Gasteiger partial charge on any atom is -0.480 e. The molecule has 5 rings (SSSR count). The molecule has 0 saturated heterocycles. The summed E-state index contributed by atoms with van der Waals surface area (Å²) in [4.78, 5) is 32.8. The minimum atomic E-state index is -0.605. The molecule has 0 unspecified atom stereocenters. The highest BCUT2D eigenvalue weighted by molar-refractivity contribution is 7.10. The number of carbonyl (C=O) groups is 1. The Morgan fingerprint density at radius 3 is 2.81 bits per heavy atom. The molecule has 2 aromatic carbocycles. The van der Waals surface area contributed by atoms with Gasteiger partial charge in [-0.25, -0.2) is 9.79 Å². The average Bonchev–Trinajstić information content (AvgIpc) is 3.51. The van der Waals surface area contributed by atoms with Crippen molar-refractivity contribution >= 4 is 45.5 Å². The molecule has 8 heteroatoms. The second-order valence-electron chi connectivity index (χ2n) is 8.01. The molecule has 1 atom stereocenters. The van der Waals surface area contributed by atoms with Crippen molar-refractivity contribution in [2.24, 2.45) is 4.99 Å². The van der Waals surface area contributed by atoms with E-state index in [2.05, 4.69) is 10.9 Å². The predicted octanol–water partition coefficient (Wildman–Crippen LogP) is 4.03. The third-order valence-electron chi connectivity index (χ3n) is 5.85. The second kappa shape index (κ2) is 9.97. The van der Waals surface area contributed by atoms with E-state index in [-0.39, 0.29) is 18.8 Å². The van der Waals surface area contributed by atoms with Gasteiger partial charge in [0.15, 0.2) is 4.80 Å². The first-order chi connectivity index (χ1) is 17.5. The van der Waals surface area contributed by atoms with Gasteiger partial charge in [0.2, 0.25) is 0 Å². The number of allylic oxidation sites excluding steroid dienone is 1. The van der Waals surface area contributed by atoms with Gasteiger partial charge in [-0.2, -0.15) is 0 Å². The average molecular weight is 515 g/mol. The van der Waals surface area contributed by atoms with Crippen LogP contribution >= 0.6 is 22.7 Å². The van der Waals surface area contributed by atoms with Gasteiger partial charge in [0.05, 0.1) is 22.4 Å². The highest BCUT2D eigenvalue weighted by Crippen LogP contribution is 2.33. The second-order valence-corrected chi connectivity index (χ2v) is 10.00. The first-order valence-electron chi connectivity index (χ1n) is 11.3.